The van der Waals surface area contributed by atoms with Gasteiger partial charge in [0.05, 0.1) is 0 Å². The number of aryl methyl sites for hydroxylation is 1. The molecular weight excluding hydrogens is 304 g/mol. The van der Waals surface area contributed by atoms with E-state index in [0.717, 1.165) is 5.56 Å². The maximum Gasteiger partial charge on any atom is 0.267 e. The molecule has 2 aromatic rings. The van der Waals surface area contributed by atoms with Gasteiger partial charge in [-0.25, -0.2) is 0 Å². The van der Waals surface area contributed by atoms with Crippen molar-refractivity contribution in [2.24, 2.45) is 5.73 Å². The molecular formula is C19H22N2O3. The molecule has 0 spiro atoms. The van der Waals surface area contributed by atoms with E-state index in [2.05, 4.69) is 0 Å². The van der Waals surface area contributed by atoms with Crippen molar-refractivity contribution in [2.75, 3.05) is 11.4 Å². The lowest BCUT2D eigenvalue weighted by atomic mass is 10.2. The molecule has 0 saturated carbocycles. The Bertz CT molecular complexity index is 684. The van der Waals surface area contributed by atoms with Crippen molar-refractivity contribution in [1.29, 1.82) is 0 Å². The SMILES string of the molecule is Cc1ccc(OC(C)C(=O)N(CCC(N)=O)c2ccccc2)cc1. The first-order valence-electron chi connectivity index (χ1n) is 7.85. The van der Waals surface area contributed by atoms with E-state index in [1.54, 1.807) is 6.92 Å². The highest BCUT2D eigenvalue weighted by atomic mass is 16.5. The van der Waals surface area contributed by atoms with Gasteiger partial charge in [0.25, 0.3) is 5.91 Å². The monoisotopic (exact) mass is 326 g/mol. The molecule has 5 nitrogen and oxygen atoms in total. The summed E-state index contributed by atoms with van der Waals surface area (Å²) in [4.78, 5) is 25.4. The number of benzene rings is 2. The van der Waals surface area contributed by atoms with E-state index in [1.165, 1.54) is 4.90 Å². The number of anilines is 1. The number of ether oxygens (including phenoxy) is 1. The molecule has 0 radical (unpaired) electrons. The van der Waals surface area contributed by atoms with Crippen LogP contribution in [0.1, 0.15) is 18.9 Å². The summed E-state index contributed by atoms with van der Waals surface area (Å²) in [6.45, 7) is 3.90. The molecule has 0 aliphatic carbocycles. The number of primary amides is 1. The molecule has 0 saturated heterocycles. The van der Waals surface area contributed by atoms with Crippen LogP contribution in [0.2, 0.25) is 0 Å². The highest BCUT2D eigenvalue weighted by molar-refractivity contribution is 5.97. The topological polar surface area (TPSA) is 72.6 Å². The second-order valence-electron chi connectivity index (χ2n) is 5.61. The van der Waals surface area contributed by atoms with Crippen molar-refractivity contribution in [1.82, 2.24) is 0 Å². The number of hydrogen-bond donors (Lipinski definition) is 1. The summed E-state index contributed by atoms with van der Waals surface area (Å²) in [6.07, 6.45) is -0.585. The largest absolute Gasteiger partial charge is 0.481 e. The van der Waals surface area contributed by atoms with E-state index in [4.69, 9.17) is 10.5 Å². The lowest BCUT2D eigenvalue weighted by Gasteiger charge is -2.26. The van der Waals surface area contributed by atoms with Crippen molar-refractivity contribution in [2.45, 2.75) is 26.4 Å². The van der Waals surface area contributed by atoms with Crippen LogP contribution in [0.5, 0.6) is 5.75 Å². The fourth-order valence-corrected chi connectivity index (χ4v) is 2.29. The highest BCUT2D eigenvalue weighted by Gasteiger charge is 2.23. The third-order valence-electron chi connectivity index (χ3n) is 3.60. The van der Waals surface area contributed by atoms with Crippen LogP contribution in [0.15, 0.2) is 54.6 Å². The first-order chi connectivity index (χ1) is 11.5. The second-order valence-corrected chi connectivity index (χ2v) is 5.61. The summed E-state index contributed by atoms with van der Waals surface area (Å²) in [5.41, 5.74) is 7.06. The quantitative estimate of drug-likeness (QED) is 0.850. The standard InChI is InChI=1S/C19H22N2O3/c1-14-8-10-17(11-9-14)24-15(2)19(23)21(13-12-18(20)22)16-6-4-3-5-7-16/h3-11,15H,12-13H2,1-2H3,(H2,20,22). The Kier molecular flexibility index (Phi) is 5.95. The van der Waals surface area contributed by atoms with Crippen LogP contribution in [-0.4, -0.2) is 24.5 Å². The fourth-order valence-electron chi connectivity index (χ4n) is 2.29. The van der Waals surface area contributed by atoms with Crippen LogP contribution < -0.4 is 15.4 Å². The molecule has 1 unspecified atom stereocenters. The molecule has 0 aliphatic rings. The van der Waals surface area contributed by atoms with Gasteiger partial charge < -0.3 is 15.4 Å². The van der Waals surface area contributed by atoms with E-state index in [1.807, 2.05) is 61.5 Å². The summed E-state index contributed by atoms with van der Waals surface area (Å²) < 4.78 is 5.73. The summed E-state index contributed by atoms with van der Waals surface area (Å²) >= 11 is 0. The number of rotatable bonds is 7. The zero-order chi connectivity index (χ0) is 17.5. The number of amides is 2. The molecule has 0 bridgehead atoms. The number of nitrogens with zero attached hydrogens (tertiary/aromatic N) is 1. The first kappa shape index (κ1) is 17.5. The minimum atomic E-state index is -0.680. The minimum Gasteiger partial charge on any atom is -0.481 e. The van der Waals surface area contributed by atoms with Gasteiger partial charge in [-0.15, -0.1) is 0 Å². The number of hydrogen-bond acceptors (Lipinski definition) is 3. The van der Waals surface area contributed by atoms with Gasteiger partial charge in [-0.05, 0) is 38.1 Å². The van der Waals surface area contributed by atoms with Crippen LogP contribution in [0.25, 0.3) is 0 Å². The Morgan fingerprint density at radius 2 is 1.71 bits per heavy atom. The van der Waals surface area contributed by atoms with Crippen molar-refractivity contribution >= 4 is 17.5 Å². The van der Waals surface area contributed by atoms with Gasteiger partial charge in [0.2, 0.25) is 5.91 Å². The zero-order valence-electron chi connectivity index (χ0n) is 13.9. The lowest BCUT2D eigenvalue weighted by Crippen LogP contribution is -2.42. The Hall–Kier alpha value is -2.82. The Morgan fingerprint density at radius 3 is 2.29 bits per heavy atom. The molecule has 0 aromatic heterocycles. The van der Waals surface area contributed by atoms with E-state index >= 15 is 0 Å². The molecule has 126 valence electrons. The van der Waals surface area contributed by atoms with Crippen molar-refractivity contribution < 1.29 is 14.3 Å². The normalized spacial score (nSPS) is 11.6. The second kappa shape index (κ2) is 8.15. The highest BCUT2D eigenvalue weighted by Crippen LogP contribution is 2.18. The number of carbonyl (C=O) groups is 2. The number of nitrogens with two attached hydrogens (primary N) is 1. The summed E-state index contributed by atoms with van der Waals surface area (Å²) in [5.74, 6) is -0.0387. The minimum absolute atomic E-state index is 0.0951. The van der Waals surface area contributed by atoms with Gasteiger partial charge in [-0.2, -0.15) is 0 Å². The van der Waals surface area contributed by atoms with E-state index < -0.39 is 12.0 Å². The maximum atomic E-state index is 12.8. The molecule has 1 atom stereocenters. The van der Waals surface area contributed by atoms with Crippen LogP contribution in [0.4, 0.5) is 5.69 Å². The lowest BCUT2D eigenvalue weighted by molar-refractivity contribution is -0.124. The van der Waals surface area contributed by atoms with Crippen LogP contribution >= 0.6 is 0 Å². The molecule has 24 heavy (non-hydrogen) atoms. The molecule has 0 aliphatic heterocycles. The van der Waals surface area contributed by atoms with Gasteiger partial charge in [0.1, 0.15) is 5.75 Å². The van der Waals surface area contributed by atoms with Crippen LogP contribution in [0, 0.1) is 6.92 Å². The van der Waals surface area contributed by atoms with Gasteiger partial charge in [-0.3, -0.25) is 9.59 Å². The Morgan fingerprint density at radius 1 is 1.08 bits per heavy atom. The van der Waals surface area contributed by atoms with Gasteiger partial charge in [-0.1, -0.05) is 35.9 Å². The third kappa shape index (κ3) is 4.84. The van der Waals surface area contributed by atoms with Crippen molar-refractivity contribution in [3.8, 4) is 5.75 Å². The number of para-hydroxylation sites is 1. The molecule has 2 aromatic carbocycles. The molecule has 5 heteroatoms. The average molecular weight is 326 g/mol. The van der Waals surface area contributed by atoms with E-state index in [0.29, 0.717) is 11.4 Å². The molecule has 2 rings (SSSR count). The van der Waals surface area contributed by atoms with Crippen LogP contribution in [0.3, 0.4) is 0 Å². The van der Waals surface area contributed by atoms with E-state index in [9.17, 15) is 9.59 Å². The average Bonchev–Trinajstić information content (AvgIpc) is 2.57. The predicted molar refractivity (Wildman–Crippen MR) is 93.9 cm³/mol. The molecule has 2 N–H and O–H groups in total. The van der Waals surface area contributed by atoms with Crippen LogP contribution in [-0.2, 0) is 9.59 Å². The van der Waals surface area contributed by atoms with Crippen molar-refractivity contribution in [3.05, 3.63) is 60.2 Å². The molecule has 0 heterocycles. The number of carbonyl (C=O) groups excluding carboxylic acids is 2. The Labute approximate surface area is 142 Å². The predicted octanol–water partition coefficient (Wildman–Crippen LogP) is 2.67. The first-order valence-corrected chi connectivity index (χ1v) is 7.85. The van der Waals surface area contributed by atoms with E-state index in [-0.39, 0.29) is 18.9 Å². The smallest absolute Gasteiger partial charge is 0.267 e. The molecule has 2 amide bonds. The van der Waals surface area contributed by atoms with Crippen molar-refractivity contribution in [3.63, 3.8) is 0 Å². The summed E-state index contributed by atoms with van der Waals surface area (Å²) in [6, 6.07) is 16.7. The van der Waals surface area contributed by atoms with Gasteiger partial charge in [0, 0.05) is 18.7 Å². The fraction of sp³-hybridized carbons (Fsp3) is 0.263. The summed E-state index contributed by atoms with van der Waals surface area (Å²) in [7, 11) is 0. The summed E-state index contributed by atoms with van der Waals surface area (Å²) in [5, 5.41) is 0. The molecule has 0 fully saturated rings. The maximum absolute atomic E-state index is 12.8. The Balaban J connectivity index is 2.13. The zero-order valence-corrected chi connectivity index (χ0v) is 13.9. The van der Waals surface area contributed by atoms with Gasteiger partial charge in [0.15, 0.2) is 6.10 Å². The third-order valence-corrected chi connectivity index (χ3v) is 3.60. The van der Waals surface area contributed by atoms with Gasteiger partial charge >= 0.3 is 0 Å².